The maximum atomic E-state index is 12.0. The van der Waals surface area contributed by atoms with Crippen LogP contribution in [0, 0.1) is 0 Å². The predicted molar refractivity (Wildman–Crippen MR) is 84.4 cm³/mol. The number of Topliss-reactive ketones (excluding diaryl/α,β-unsaturated/α-hetero) is 1. The Hall–Kier alpha value is -3.28. The SMILES string of the molecule is O=C(O)C(CC(=O)c1ccccc1)=NNC(=O)c1ccccc1. The van der Waals surface area contributed by atoms with E-state index in [9.17, 15) is 14.4 Å². The van der Waals surface area contributed by atoms with Crippen molar-refractivity contribution in [2.75, 3.05) is 0 Å². The van der Waals surface area contributed by atoms with Crippen molar-refractivity contribution in [1.29, 1.82) is 0 Å². The van der Waals surface area contributed by atoms with Crippen LogP contribution in [-0.4, -0.2) is 28.5 Å². The molecule has 0 aromatic heterocycles. The number of carboxylic acid groups (broad SMARTS) is 1. The van der Waals surface area contributed by atoms with Gasteiger partial charge in [-0.3, -0.25) is 9.59 Å². The maximum Gasteiger partial charge on any atom is 0.352 e. The molecule has 0 aliphatic heterocycles. The molecule has 6 heteroatoms. The van der Waals surface area contributed by atoms with E-state index in [0.29, 0.717) is 11.1 Å². The topological polar surface area (TPSA) is 95.8 Å². The van der Waals surface area contributed by atoms with Gasteiger partial charge < -0.3 is 5.11 Å². The monoisotopic (exact) mass is 310 g/mol. The van der Waals surface area contributed by atoms with E-state index >= 15 is 0 Å². The van der Waals surface area contributed by atoms with Gasteiger partial charge in [0.25, 0.3) is 5.91 Å². The lowest BCUT2D eigenvalue weighted by molar-refractivity contribution is -0.129. The van der Waals surface area contributed by atoms with Gasteiger partial charge in [-0.05, 0) is 12.1 Å². The smallest absolute Gasteiger partial charge is 0.352 e. The summed E-state index contributed by atoms with van der Waals surface area (Å²) in [6, 6.07) is 16.5. The summed E-state index contributed by atoms with van der Waals surface area (Å²) in [6.45, 7) is 0. The van der Waals surface area contributed by atoms with E-state index in [0.717, 1.165) is 0 Å². The molecule has 0 unspecified atom stereocenters. The number of hydrogen-bond donors (Lipinski definition) is 2. The van der Waals surface area contributed by atoms with Crippen molar-refractivity contribution >= 4 is 23.4 Å². The highest BCUT2D eigenvalue weighted by Gasteiger charge is 2.17. The van der Waals surface area contributed by atoms with Crippen LogP contribution in [0.2, 0.25) is 0 Å². The van der Waals surface area contributed by atoms with E-state index in [2.05, 4.69) is 10.5 Å². The van der Waals surface area contributed by atoms with Crippen LogP contribution >= 0.6 is 0 Å². The van der Waals surface area contributed by atoms with Crippen molar-refractivity contribution in [2.45, 2.75) is 6.42 Å². The van der Waals surface area contributed by atoms with Crippen molar-refractivity contribution in [3.8, 4) is 0 Å². The molecule has 0 atom stereocenters. The number of hydrazone groups is 1. The zero-order valence-electron chi connectivity index (χ0n) is 12.1. The number of amides is 1. The molecule has 0 saturated heterocycles. The summed E-state index contributed by atoms with van der Waals surface area (Å²) < 4.78 is 0. The van der Waals surface area contributed by atoms with Crippen LogP contribution in [0.5, 0.6) is 0 Å². The highest BCUT2D eigenvalue weighted by molar-refractivity contribution is 6.40. The van der Waals surface area contributed by atoms with Crippen molar-refractivity contribution in [3.63, 3.8) is 0 Å². The van der Waals surface area contributed by atoms with Gasteiger partial charge >= 0.3 is 5.97 Å². The van der Waals surface area contributed by atoms with Crippen LogP contribution in [0.15, 0.2) is 65.8 Å². The first-order valence-electron chi connectivity index (χ1n) is 6.81. The number of ketones is 1. The average Bonchev–Trinajstić information content (AvgIpc) is 2.59. The fraction of sp³-hybridized carbons (Fsp3) is 0.0588. The molecule has 0 saturated carbocycles. The molecule has 23 heavy (non-hydrogen) atoms. The number of benzene rings is 2. The number of aliphatic carboxylic acids is 1. The van der Waals surface area contributed by atoms with Crippen molar-refractivity contribution in [1.82, 2.24) is 5.43 Å². The lowest BCUT2D eigenvalue weighted by atomic mass is 10.1. The summed E-state index contributed by atoms with van der Waals surface area (Å²) >= 11 is 0. The molecule has 2 aromatic carbocycles. The highest BCUT2D eigenvalue weighted by atomic mass is 16.4. The van der Waals surface area contributed by atoms with Crippen LogP contribution in [-0.2, 0) is 4.79 Å². The molecule has 0 bridgehead atoms. The van der Waals surface area contributed by atoms with E-state index in [1.54, 1.807) is 60.7 Å². The van der Waals surface area contributed by atoms with Gasteiger partial charge in [0.05, 0.1) is 6.42 Å². The van der Waals surface area contributed by atoms with E-state index < -0.39 is 24.0 Å². The van der Waals surface area contributed by atoms with Crippen molar-refractivity contribution < 1.29 is 19.5 Å². The lowest BCUT2D eigenvalue weighted by Gasteiger charge is -2.03. The van der Waals surface area contributed by atoms with Gasteiger partial charge in [0.15, 0.2) is 11.5 Å². The molecule has 6 nitrogen and oxygen atoms in total. The number of carbonyl (C=O) groups is 3. The Kier molecular flexibility index (Phi) is 5.35. The van der Waals surface area contributed by atoms with Crippen LogP contribution in [0.4, 0.5) is 0 Å². The Morgan fingerprint density at radius 3 is 1.91 bits per heavy atom. The molecule has 0 radical (unpaired) electrons. The van der Waals surface area contributed by atoms with Gasteiger partial charge in [-0.25, -0.2) is 10.2 Å². The summed E-state index contributed by atoms with van der Waals surface area (Å²) in [5, 5.41) is 12.7. The number of nitrogens with one attached hydrogen (secondary N) is 1. The van der Waals surface area contributed by atoms with Crippen LogP contribution in [0.25, 0.3) is 0 Å². The van der Waals surface area contributed by atoms with Gasteiger partial charge in [0, 0.05) is 11.1 Å². The molecule has 0 heterocycles. The average molecular weight is 310 g/mol. The van der Waals surface area contributed by atoms with Gasteiger partial charge in [-0.15, -0.1) is 0 Å². The maximum absolute atomic E-state index is 12.0. The normalized spacial score (nSPS) is 10.9. The molecular formula is C17H14N2O4. The molecule has 2 aromatic rings. The first-order valence-corrected chi connectivity index (χ1v) is 6.81. The molecule has 0 spiro atoms. The first kappa shape index (κ1) is 16.1. The first-order chi connectivity index (χ1) is 11.1. The molecule has 0 fully saturated rings. The summed E-state index contributed by atoms with van der Waals surface area (Å²) in [7, 11) is 0. The number of carboxylic acids is 1. The minimum Gasteiger partial charge on any atom is -0.477 e. The highest BCUT2D eigenvalue weighted by Crippen LogP contribution is 2.04. The summed E-state index contributed by atoms with van der Waals surface area (Å²) in [4.78, 5) is 35.0. The van der Waals surface area contributed by atoms with Crippen molar-refractivity contribution in [3.05, 3.63) is 71.8 Å². The quantitative estimate of drug-likeness (QED) is 0.485. The third kappa shape index (κ3) is 4.60. The van der Waals surface area contributed by atoms with E-state index in [-0.39, 0.29) is 5.78 Å². The summed E-state index contributed by atoms with van der Waals surface area (Å²) in [6.07, 6.45) is -0.408. The molecule has 116 valence electrons. The molecule has 2 N–H and O–H groups in total. The Morgan fingerprint density at radius 2 is 1.39 bits per heavy atom. The Labute approximate surface area is 132 Å². The zero-order valence-corrected chi connectivity index (χ0v) is 12.1. The fourth-order valence-corrected chi connectivity index (χ4v) is 1.81. The van der Waals surface area contributed by atoms with Crippen LogP contribution < -0.4 is 5.43 Å². The lowest BCUT2D eigenvalue weighted by Crippen LogP contribution is -2.25. The van der Waals surface area contributed by atoms with E-state index in [1.165, 1.54) is 0 Å². The summed E-state index contributed by atoms with van der Waals surface area (Å²) in [5.74, 6) is -2.29. The van der Waals surface area contributed by atoms with Gasteiger partial charge in [-0.1, -0.05) is 48.5 Å². The second-order valence-corrected chi connectivity index (χ2v) is 4.64. The van der Waals surface area contributed by atoms with E-state index in [4.69, 9.17) is 5.11 Å². The van der Waals surface area contributed by atoms with Gasteiger partial charge in [0.2, 0.25) is 0 Å². The Balaban J connectivity index is 2.08. The molecular weight excluding hydrogens is 296 g/mol. The number of rotatable bonds is 6. The van der Waals surface area contributed by atoms with Crippen molar-refractivity contribution in [2.24, 2.45) is 5.10 Å². The Bertz CT molecular complexity index is 740. The zero-order chi connectivity index (χ0) is 16.7. The minimum atomic E-state index is -1.36. The van der Waals surface area contributed by atoms with Gasteiger partial charge in [0.1, 0.15) is 0 Å². The second-order valence-electron chi connectivity index (χ2n) is 4.64. The third-order valence-electron chi connectivity index (χ3n) is 3.00. The molecule has 0 aliphatic carbocycles. The Morgan fingerprint density at radius 1 is 0.870 bits per heavy atom. The molecule has 2 rings (SSSR count). The minimum absolute atomic E-state index is 0.343. The van der Waals surface area contributed by atoms with E-state index in [1.807, 2.05) is 0 Å². The third-order valence-corrected chi connectivity index (χ3v) is 3.00. The molecule has 1 amide bonds. The number of carbonyl (C=O) groups excluding carboxylic acids is 2. The van der Waals surface area contributed by atoms with Gasteiger partial charge in [-0.2, -0.15) is 5.10 Å². The standard InChI is InChI=1S/C17H14N2O4/c20-15(12-7-3-1-4-8-12)11-14(17(22)23)18-19-16(21)13-9-5-2-6-10-13/h1-10H,11H2,(H,19,21)(H,22,23). The van der Waals surface area contributed by atoms with Crippen LogP contribution in [0.3, 0.4) is 0 Å². The van der Waals surface area contributed by atoms with Crippen LogP contribution in [0.1, 0.15) is 27.1 Å². The summed E-state index contributed by atoms with van der Waals surface area (Å²) in [5.41, 5.74) is 2.45. The molecule has 0 aliphatic rings. The largest absolute Gasteiger partial charge is 0.477 e. The number of hydrogen-bond acceptors (Lipinski definition) is 4. The predicted octanol–water partition coefficient (Wildman–Crippen LogP) is 2.13. The second kappa shape index (κ2) is 7.65. The number of nitrogens with zero attached hydrogens (tertiary/aromatic N) is 1. The fourth-order valence-electron chi connectivity index (χ4n) is 1.81.